The van der Waals surface area contributed by atoms with Gasteiger partial charge in [-0.15, -0.1) is 67.9 Å². The lowest BCUT2D eigenvalue weighted by atomic mass is 12.0. The van der Waals surface area contributed by atoms with Crippen LogP contribution in [-0.4, -0.2) is 1.05 Å². The minimum atomic E-state index is -0.250. The minimum Gasteiger partial charge on any atom is -0.114 e. The smallest absolute Gasteiger partial charge is 0.114 e. The van der Waals surface area contributed by atoms with Gasteiger partial charge in [0.1, 0.15) is 0 Å². The Hall–Kier alpha value is 3.84. The highest BCUT2D eigenvalue weighted by Gasteiger charge is 2.08. The first kappa shape index (κ1) is 29.3. The zero-order chi connectivity index (χ0) is 4.50. The van der Waals surface area contributed by atoms with E-state index >= 15 is 0 Å². The van der Waals surface area contributed by atoms with Crippen LogP contribution in [0.2, 0.25) is 0 Å². The molecule has 0 radical (unpaired) electrons. The lowest BCUT2D eigenvalue weighted by molar-refractivity contribution is 2.14. The van der Waals surface area contributed by atoms with Crippen LogP contribution >= 0.6 is 132 Å². The summed E-state index contributed by atoms with van der Waals surface area (Å²) >= 11 is 12.5. The second-order valence-corrected chi connectivity index (χ2v) is 11.6. The van der Waals surface area contributed by atoms with Crippen molar-refractivity contribution in [3.63, 3.8) is 0 Å². The summed E-state index contributed by atoms with van der Waals surface area (Å²) in [5, 5.41) is 0. The SMILES string of the molecule is Br.Br.Br.Br.BrC(Br)(Br)Br. The highest BCUT2D eigenvalue weighted by atomic mass is 80.0. The fourth-order valence-corrected chi connectivity index (χ4v) is 0. The molecular formula is CH4Br8. The molecule has 8 heteroatoms. The average Bonchev–Trinajstić information content (AvgIpc) is 0.722. The first-order chi connectivity index (χ1) is 2.00. The Morgan fingerprint density at radius 2 is 0.556 bits per heavy atom. The Morgan fingerprint density at radius 3 is 0.556 bits per heavy atom. The van der Waals surface area contributed by atoms with Crippen molar-refractivity contribution in [3.05, 3.63) is 0 Å². The summed E-state index contributed by atoms with van der Waals surface area (Å²) in [6, 6.07) is 0. The molecule has 0 saturated carbocycles. The fourth-order valence-electron chi connectivity index (χ4n) is 0. The van der Waals surface area contributed by atoms with Gasteiger partial charge in [0.2, 0.25) is 0 Å². The van der Waals surface area contributed by atoms with Crippen LogP contribution in [0.5, 0.6) is 0 Å². The van der Waals surface area contributed by atoms with Gasteiger partial charge in [0.25, 0.3) is 0 Å². The van der Waals surface area contributed by atoms with Crippen LogP contribution in [-0.2, 0) is 0 Å². The predicted octanol–water partition coefficient (Wildman–Crippen LogP) is 5.49. The quantitative estimate of drug-likeness (QED) is 0.303. The van der Waals surface area contributed by atoms with Crippen LogP contribution in [0.1, 0.15) is 0 Å². The molecule has 0 spiro atoms. The number of hydrogen-bond acceptors (Lipinski definition) is 0. The number of alkyl halides is 4. The zero-order valence-corrected chi connectivity index (χ0v) is 16.8. The van der Waals surface area contributed by atoms with Gasteiger partial charge in [-0.3, -0.25) is 0 Å². The second kappa shape index (κ2) is 14.4. The summed E-state index contributed by atoms with van der Waals surface area (Å²) in [5.74, 6) is 0. The van der Waals surface area contributed by atoms with E-state index in [0.717, 1.165) is 0 Å². The van der Waals surface area contributed by atoms with Crippen LogP contribution in [0.4, 0.5) is 0 Å². The van der Waals surface area contributed by atoms with E-state index in [1.54, 1.807) is 0 Å². The van der Waals surface area contributed by atoms with E-state index in [1.165, 1.54) is 0 Å². The van der Waals surface area contributed by atoms with Gasteiger partial charge >= 0.3 is 0 Å². The first-order valence-electron chi connectivity index (χ1n) is 0.756. The van der Waals surface area contributed by atoms with Crippen LogP contribution in [0.15, 0.2) is 0 Å². The van der Waals surface area contributed by atoms with E-state index < -0.39 is 0 Å². The summed E-state index contributed by atoms with van der Waals surface area (Å²) in [5.41, 5.74) is 0. The molecule has 0 N–H and O–H groups in total. The minimum absolute atomic E-state index is 0. The van der Waals surface area contributed by atoms with Crippen molar-refractivity contribution < 1.29 is 0 Å². The molecule has 0 bridgehead atoms. The highest BCUT2D eigenvalue weighted by molar-refractivity contribution is 9.52. The normalized spacial score (nSPS) is 6.67. The summed E-state index contributed by atoms with van der Waals surface area (Å²) in [6.07, 6.45) is 0. The third-order valence-electron chi connectivity index (χ3n) is 0. The maximum atomic E-state index is 3.12. The van der Waals surface area contributed by atoms with Crippen molar-refractivity contribution in [2.24, 2.45) is 0 Å². The Balaban J connectivity index is -0.0000000133. The Bertz CT molecular complexity index is 20.0. The van der Waals surface area contributed by atoms with Gasteiger partial charge < -0.3 is 0 Å². The molecule has 0 heterocycles. The zero-order valence-electron chi connectivity index (χ0n) is 3.64. The molecule has 0 saturated heterocycles. The summed E-state index contributed by atoms with van der Waals surface area (Å²) in [6.45, 7) is 0. The molecule has 0 aromatic carbocycles. The third-order valence-corrected chi connectivity index (χ3v) is 0. The molecule has 0 aliphatic heterocycles. The van der Waals surface area contributed by atoms with Crippen LogP contribution < -0.4 is 0 Å². The lowest BCUT2D eigenvalue weighted by Gasteiger charge is -1.93. The highest BCUT2D eigenvalue weighted by Crippen LogP contribution is 2.39. The Labute approximate surface area is 130 Å². The molecule has 0 aliphatic carbocycles. The number of hydrogen-bond donors (Lipinski definition) is 0. The standard InChI is InChI=1S/CBr4.4BrH/c2-1(3,4)5;;;;/h;4*1H. The van der Waals surface area contributed by atoms with Crippen LogP contribution in [0, 0.1) is 0 Å². The largest absolute Gasteiger partial charge is 0.189 e. The molecule has 0 aromatic heterocycles. The van der Waals surface area contributed by atoms with Crippen molar-refractivity contribution in [1.82, 2.24) is 0 Å². The van der Waals surface area contributed by atoms with E-state index in [0.29, 0.717) is 0 Å². The van der Waals surface area contributed by atoms with Gasteiger partial charge in [-0.25, -0.2) is 0 Å². The number of halogens is 8. The van der Waals surface area contributed by atoms with E-state index in [-0.39, 0.29) is 69.0 Å². The fraction of sp³-hybridized carbons (Fsp3) is 1.00. The molecule has 0 atom stereocenters. The van der Waals surface area contributed by atoms with Crippen LogP contribution in [0.25, 0.3) is 0 Å². The molecule has 0 aliphatic rings. The summed E-state index contributed by atoms with van der Waals surface area (Å²) < 4.78 is -0.250. The Kier molecular flexibility index (Phi) is 46.8. The molecule has 0 nitrogen and oxygen atoms in total. The molecule has 64 valence electrons. The molecule has 0 fully saturated rings. The molecule has 0 unspecified atom stereocenters. The van der Waals surface area contributed by atoms with E-state index in [4.69, 9.17) is 0 Å². The summed E-state index contributed by atoms with van der Waals surface area (Å²) in [4.78, 5) is 0. The molecule has 0 aromatic rings. The van der Waals surface area contributed by atoms with Crippen molar-refractivity contribution in [2.45, 2.75) is 1.05 Å². The van der Waals surface area contributed by atoms with Crippen molar-refractivity contribution >= 4 is 132 Å². The maximum Gasteiger partial charge on any atom is 0.189 e. The Morgan fingerprint density at radius 1 is 0.556 bits per heavy atom. The van der Waals surface area contributed by atoms with E-state index in [2.05, 4.69) is 63.7 Å². The van der Waals surface area contributed by atoms with Gasteiger partial charge in [0.05, 0.1) is 0 Å². The molecule has 0 amide bonds. The van der Waals surface area contributed by atoms with Gasteiger partial charge in [-0.2, -0.15) is 0 Å². The van der Waals surface area contributed by atoms with E-state index in [1.807, 2.05) is 0 Å². The molecule has 0 rings (SSSR count). The maximum absolute atomic E-state index is 3.12. The topological polar surface area (TPSA) is 0 Å². The number of rotatable bonds is 0. The third kappa shape index (κ3) is 77.7. The van der Waals surface area contributed by atoms with E-state index in [9.17, 15) is 0 Å². The monoisotopic (exact) mass is 647 g/mol. The molecule has 9 heavy (non-hydrogen) atoms. The first-order valence-corrected chi connectivity index (χ1v) is 3.93. The second-order valence-electron chi connectivity index (χ2n) is 0.429. The lowest BCUT2D eigenvalue weighted by Crippen LogP contribution is -1.75. The predicted molar refractivity (Wildman–Crippen MR) is 79.7 cm³/mol. The van der Waals surface area contributed by atoms with Gasteiger partial charge in [-0.1, -0.05) is 0 Å². The van der Waals surface area contributed by atoms with Crippen LogP contribution in [0.3, 0.4) is 0 Å². The van der Waals surface area contributed by atoms with Gasteiger partial charge in [0, 0.05) is 0 Å². The average molecular weight is 655 g/mol. The van der Waals surface area contributed by atoms with Gasteiger partial charge in [-0.05, 0) is 63.7 Å². The van der Waals surface area contributed by atoms with Crippen molar-refractivity contribution in [1.29, 1.82) is 0 Å². The van der Waals surface area contributed by atoms with Crippen molar-refractivity contribution in [2.75, 3.05) is 0 Å². The van der Waals surface area contributed by atoms with Crippen molar-refractivity contribution in [3.8, 4) is 0 Å². The summed E-state index contributed by atoms with van der Waals surface area (Å²) in [7, 11) is 0. The van der Waals surface area contributed by atoms with Gasteiger partial charge in [0.15, 0.2) is 1.05 Å². The molecular weight excluding hydrogens is 651 g/mol.